The highest BCUT2D eigenvalue weighted by atomic mass is 16.5. The number of benzene rings is 1. The average molecular weight is 340 g/mol. The zero-order valence-electron chi connectivity index (χ0n) is 14.9. The van der Waals surface area contributed by atoms with E-state index < -0.39 is 0 Å². The highest BCUT2D eigenvalue weighted by Crippen LogP contribution is 2.24. The Labute approximate surface area is 148 Å². The summed E-state index contributed by atoms with van der Waals surface area (Å²) in [5.74, 6) is 0.717. The van der Waals surface area contributed by atoms with Gasteiger partial charge in [-0.3, -0.25) is 4.79 Å². The van der Waals surface area contributed by atoms with Crippen LogP contribution in [0.25, 0.3) is 0 Å². The Hall–Kier alpha value is -2.50. The average Bonchev–Trinajstić information content (AvgIpc) is 3.07. The fourth-order valence-corrected chi connectivity index (χ4v) is 3.54. The van der Waals surface area contributed by atoms with Gasteiger partial charge in [-0.25, -0.2) is 4.68 Å². The first-order valence-electron chi connectivity index (χ1n) is 8.94. The van der Waals surface area contributed by atoms with Crippen molar-refractivity contribution in [1.82, 2.24) is 14.7 Å². The molecular formula is C19H24N4O2. The van der Waals surface area contributed by atoms with E-state index in [2.05, 4.69) is 42.0 Å². The van der Waals surface area contributed by atoms with Crippen LogP contribution in [0.1, 0.15) is 28.0 Å². The van der Waals surface area contributed by atoms with Crippen LogP contribution in [0.15, 0.2) is 24.3 Å². The summed E-state index contributed by atoms with van der Waals surface area (Å²) in [6.07, 6.45) is 0.941. The number of carbonyl (C=O) groups excluding carboxylic acids is 1. The number of amides is 1. The third-order valence-corrected chi connectivity index (χ3v) is 5.00. The predicted molar refractivity (Wildman–Crippen MR) is 96.4 cm³/mol. The number of rotatable bonds is 2. The van der Waals surface area contributed by atoms with Crippen molar-refractivity contribution in [3.8, 4) is 5.88 Å². The molecule has 0 unspecified atom stereocenters. The summed E-state index contributed by atoms with van der Waals surface area (Å²) >= 11 is 0. The first kappa shape index (κ1) is 16.0. The minimum absolute atomic E-state index is 0.00566. The molecule has 2 aromatic rings. The van der Waals surface area contributed by atoms with Crippen LogP contribution in [0, 0.1) is 13.8 Å². The van der Waals surface area contributed by atoms with Gasteiger partial charge in [-0.05, 0) is 31.0 Å². The molecule has 0 spiro atoms. The number of piperazine rings is 1. The van der Waals surface area contributed by atoms with Crippen LogP contribution in [-0.2, 0) is 6.54 Å². The van der Waals surface area contributed by atoms with Gasteiger partial charge in [0.15, 0.2) is 5.69 Å². The van der Waals surface area contributed by atoms with Crippen molar-refractivity contribution in [2.45, 2.75) is 26.8 Å². The van der Waals surface area contributed by atoms with E-state index in [9.17, 15) is 4.79 Å². The van der Waals surface area contributed by atoms with E-state index >= 15 is 0 Å². The molecule has 3 heterocycles. The molecule has 1 amide bonds. The SMILES string of the molecule is Cc1ccc(C)c(N2CCN(C(=O)c3cc4n(n3)CCCO4)CC2)c1. The summed E-state index contributed by atoms with van der Waals surface area (Å²) in [5, 5.41) is 4.42. The van der Waals surface area contributed by atoms with E-state index in [1.54, 1.807) is 10.7 Å². The molecule has 0 atom stereocenters. The van der Waals surface area contributed by atoms with Gasteiger partial charge in [-0.15, -0.1) is 0 Å². The summed E-state index contributed by atoms with van der Waals surface area (Å²) in [5.41, 5.74) is 4.32. The largest absolute Gasteiger partial charge is 0.478 e. The number of hydrogen-bond donors (Lipinski definition) is 0. The van der Waals surface area contributed by atoms with E-state index in [4.69, 9.17) is 4.74 Å². The van der Waals surface area contributed by atoms with Crippen LogP contribution in [-0.4, -0.2) is 53.4 Å². The van der Waals surface area contributed by atoms with Crippen molar-refractivity contribution in [2.75, 3.05) is 37.7 Å². The Morgan fingerprint density at radius 1 is 1.08 bits per heavy atom. The second-order valence-corrected chi connectivity index (χ2v) is 6.86. The molecule has 1 saturated heterocycles. The number of aromatic nitrogens is 2. The highest BCUT2D eigenvalue weighted by Gasteiger charge is 2.26. The maximum atomic E-state index is 12.8. The van der Waals surface area contributed by atoms with Crippen molar-refractivity contribution in [3.63, 3.8) is 0 Å². The molecular weight excluding hydrogens is 316 g/mol. The lowest BCUT2D eigenvalue weighted by Crippen LogP contribution is -2.49. The van der Waals surface area contributed by atoms with Gasteiger partial charge in [0.25, 0.3) is 5.91 Å². The van der Waals surface area contributed by atoms with Crippen LogP contribution in [0.4, 0.5) is 5.69 Å². The first-order chi connectivity index (χ1) is 12.1. The minimum Gasteiger partial charge on any atom is -0.478 e. The summed E-state index contributed by atoms with van der Waals surface area (Å²) in [6.45, 7) is 8.91. The second kappa shape index (κ2) is 6.43. The number of hydrogen-bond acceptors (Lipinski definition) is 4. The van der Waals surface area contributed by atoms with Crippen LogP contribution in [0.5, 0.6) is 5.88 Å². The summed E-state index contributed by atoms with van der Waals surface area (Å²) < 4.78 is 7.36. The second-order valence-electron chi connectivity index (χ2n) is 6.86. The zero-order valence-corrected chi connectivity index (χ0v) is 14.9. The van der Waals surface area contributed by atoms with Crippen molar-refractivity contribution in [1.29, 1.82) is 0 Å². The molecule has 0 bridgehead atoms. The topological polar surface area (TPSA) is 50.6 Å². The van der Waals surface area contributed by atoms with Gasteiger partial charge >= 0.3 is 0 Å². The number of ether oxygens (including phenoxy) is 1. The summed E-state index contributed by atoms with van der Waals surface area (Å²) in [6, 6.07) is 8.31. The Bertz CT molecular complexity index is 767. The Balaban J connectivity index is 1.44. The van der Waals surface area contributed by atoms with Gasteiger partial charge in [-0.1, -0.05) is 12.1 Å². The fraction of sp³-hybridized carbons (Fsp3) is 0.474. The van der Waals surface area contributed by atoms with Crippen molar-refractivity contribution < 1.29 is 9.53 Å². The molecule has 2 aliphatic rings. The van der Waals surface area contributed by atoms with Gasteiger partial charge < -0.3 is 14.5 Å². The molecule has 1 fully saturated rings. The molecule has 132 valence electrons. The van der Waals surface area contributed by atoms with Crippen LogP contribution >= 0.6 is 0 Å². The highest BCUT2D eigenvalue weighted by molar-refractivity contribution is 5.92. The predicted octanol–water partition coefficient (Wildman–Crippen LogP) is 2.24. The molecule has 0 saturated carbocycles. The lowest BCUT2D eigenvalue weighted by Gasteiger charge is -2.36. The quantitative estimate of drug-likeness (QED) is 0.841. The smallest absolute Gasteiger partial charge is 0.274 e. The molecule has 1 aromatic heterocycles. The maximum absolute atomic E-state index is 12.8. The number of nitrogens with zero attached hydrogens (tertiary/aromatic N) is 4. The Morgan fingerprint density at radius 2 is 1.88 bits per heavy atom. The van der Waals surface area contributed by atoms with Gasteiger partial charge in [0.2, 0.25) is 5.88 Å². The molecule has 1 aromatic carbocycles. The van der Waals surface area contributed by atoms with E-state index in [1.165, 1.54) is 16.8 Å². The molecule has 6 nitrogen and oxygen atoms in total. The third-order valence-electron chi connectivity index (χ3n) is 5.00. The molecule has 25 heavy (non-hydrogen) atoms. The molecule has 0 N–H and O–H groups in total. The maximum Gasteiger partial charge on any atom is 0.274 e. The van der Waals surface area contributed by atoms with E-state index in [0.29, 0.717) is 18.2 Å². The monoisotopic (exact) mass is 340 g/mol. The van der Waals surface area contributed by atoms with Crippen LogP contribution in [0.3, 0.4) is 0 Å². The Kier molecular flexibility index (Phi) is 4.11. The van der Waals surface area contributed by atoms with Gasteiger partial charge in [-0.2, -0.15) is 5.10 Å². The van der Waals surface area contributed by atoms with Crippen molar-refractivity contribution in [3.05, 3.63) is 41.1 Å². The molecule has 4 rings (SSSR count). The normalized spacial score (nSPS) is 17.2. The van der Waals surface area contributed by atoms with Gasteiger partial charge in [0.05, 0.1) is 6.61 Å². The molecule has 0 radical (unpaired) electrons. The van der Waals surface area contributed by atoms with Crippen molar-refractivity contribution in [2.24, 2.45) is 0 Å². The zero-order chi connectivity index (χ0) is 17.4. The molecule has 6 heteroatoms. The lowest BCUT2D eigenvalue weighted by molar-refractivity contribution is 0.0740. The minimum atomic E-state index is 0.00566. The van der Waals surface area contributed by atoms with Gasteiger partial charge in [0, 0.05) is 50.9 Å². The molecule has 0 aliphatic carbocycles. The molecule has 2 aliphatic heterocycles. The number of aryl methyl sites for hydroxylation is 3. The van der Waals surface area contributed by atoms with E-state index in [0.717, 1.165) is 39.1 Å². The third kappa shape index (κ3) is 3.08. The van der Waals surface area contributed by atoms with E-state index in [-0.39, 0.29) is 5.91 Å². The lowest BCUT2D eigenvalue weighted by atomic mass is 10.1. The number of anilines is 1. The van der Waals surface area contributed by atoms with Crippen molar-refractivity contribution >= 4 is 11.6 Å². The van der Waals surface area contributed by atoms with Crippen LogP contribution < -0.4 is 9.64 Å². The number of carbonyl (C=O) groups is 1. The standard InChI is InChI=1S/C19H24N4O2/c1-14-4-5-15(2)17(12-14)21-7-9-22(10-8-21)19(24)16-13-18-23(20-16)6-3-11-25-18/h4-5,12-13H,3,6-11H2,1-2H3. The summed E-state index contributed by atoms with van der Waals surface area (Å²) in [4.78, 5) is 17.0. The summed E-state index contributed by atoms with van der Waals surface area (Å²) in [7, 11) is 0. The first-order valence-corrected chi connectivity index (χ1v) is 8.94. The van der Waals surface area contributed by atoms with Crippen LogP contribution in [0.2, 0.25) is 0 Å². The van der Waals surface area contributed by atoms with Gasteiger partial charge in [0.1, 0.15) is 0 Å². The fourth-order valence-electron chi connectivity index (χ4n) is 3.54. The number of fused-ring (bicyclic) bond motifs is 1. The van der Waals surface area contributed by atoms with E-state index in [1.807, 2.05) is 4.90 Å². The Morgan fingerprint density at radius 3 is 2.64 bits per heavy atom.